The molecule has 1 fully saturated rings. The van der Waals surface area contributed by atoms with Crippen LogP contribution < -0.4 is 4.74 Å². The lowest BCUT2D eigenvalue weighted by molar-refractivity contribution is -0.141. The zero-order chi connectivity index (χ0) is 28.0. The number of alkyl halides is 3. The number of rotatable bonds is 9. The van der Waals surface area contributed by atoms with Crippen molar-refractivity contribution >= 4 is 29.4 Å². The van der Waals surface area contributed by atoms with Crippen LogP contribution in [-0.2, 0) is 13.2 Å². The van der Waals surface area contributed by atoms with E-state index in [0.29, 0.717) is 49.1 Å². The fraction of sp³-hybridized carbons (Fsp3) is 0.321. The quantitative estimate of drug-likeness (QED) is 0.204. The summed E-state index contributed by atoms with van der Waals surface area (Å²) in [6, 6.07) is 14.1. The average Bonchev–Trinajstić information content (AvgIpc) is 3.32. The van der Waals surface area contributed by atoms with Crippen molar-refractivity contribution in [3.63, 3.8) is 0 Å². The largest absolute Gasteiger partial charge is 0.494 e. The van der Waals surface area contributed by atoms with Crippen LogP contribution in [0.4, 0.5) is 13.2 Å². The molecule has 7 nitrogen and oxygen atoms in total. The molecule has 1 aliphatic rings. The Morgan fingerprint density at radius 2 is 1.79 bits per heavy atom. The molecule has 0 aliphatic carbocycles. The van der Waals surface area contributed by atoms with Crippen molar-refractivity contribution in [2.24, 2.45) is 7.05 Å². The minimum absolute atomic E-state index is 0.127. The monoisotopic (exact) mass is 560 g/mol. The highest BCUT2D eigenvalue weighted by Gasteiger charge is 2.40. The van der Waals surface area contributed by atoms with Crippen molar-refractivity contribution in [2.75, 3.05) is 39.3 Å². The molecule has 1 saturated heterocycles. The molecule has 11 heteroatoms. The summed E-state index contributed by atoms with van der Waals surface area (Å²) in [7, 11) is 1.36. The molecule has 206 valence electrons. The number of carbonyl (C=O) groups is 2. The minimum atomic E-state index is -4.68. The summed E-state index contributed by atoms with van der Waals surface area (Å²) in [6.07, 6.45) is 0.388. The van der Waals surface area contributed by atoms with Gasteiger partial charge in [-0.2, -0.15) is 18.3 Å². The second-order valence-electron chi connectivity index (χ2n) is 9.18. The number of ether oxygens (including phenoxy) is 1. The first-order valence-electron chi connectivity index (χ1n) is 12.4. The Morgan fingerprint density at radius 3 is 2.46 bits per heavy atom. The van der Waals surface area contributed by atoms with E-state index in [2.05, 4.69) is 10.00 Å². The molecule has 0 N–H and O–H groups in total. The number of carbonyl (C=O) groups excluding carboxylic acids is 2. The first kappa shape index (κ1) is 28.4. The molecule has 0 atom stereocenters. The molecule has 0 saturated carbocycles. The van der Waals surface area contributed by atoms with Crippen molar-refractivity contribution < 1.29 is 27.5 Å². The zero-order valence-electron chi connectivity index (χ0n) is 21.3. The summed E-state index contributed by atoms with van der Waals surface area (Å²) >= 11 is 5.96. The van der Waals surface area contributed by atoms with Gasteiger partial charge >= 0.3 is 6.18 Å². The van der Waals surface area contributed by atoms with Crippen LogP contribution in [0.25, 0.3) is 6.08 Å². The van der Waals surface area contributed by atoms with Gasteiger partial charge in [0.05, 0.1) is 12.2 Å². The summed E-state index contributed by atoms with van der Waals surface area (Å²) in [5, 5.41) is 4.02. The number of hydrogen-bond donors (Lipinski definition) is 0. The Balaban J connectivity index is 1.18. The summed E-state index contributed by atoms with van der Waals surface area (Å²) in [5.41, 5.74) is -0.188. The molecule has 2 aromatic carbocycles. The molecule has 1 aliphatic heterocycles. The third-order valence-electron chi connectivity index (χ3n) is 6.29. The molecule has 39 heavy (non-hydrogen) atoms. The molecule has 2 heterocycles. The van der Waals surface area contributed by atoms with Crippen molar-refractivity contribution in [1.29, 1.82) is 0 Å². The van der Waals surface area contributed by atoms with Crippen LogP contribution in [0.3, 0.4) is 0 Å². The van der Waals surface area contributed by atoms with Crippen LogP contribution in [0, 0.1) is 0 Å². The lowest BCUT2D eigenvalue weighted by atomic mass is 10.1. The van der Waals surface area contributed by atoms with Crippen molar-refractivity contribution in [1.82, 2.24) is 19.6 Å². The lowest BCUT2D eigenvalue weighted by Crippen LogP contribution is -2.49. The number of piperazine rings is 1. The molecule has 0 radical (unpaired) electrons. The average molecular weight is 561 g/mol. The van der Waals surface area contributed by atoms with Gasteiger partial charge in [0.2, 0.25) is 0 Å². The molecule has 3 aromatic rings. The molecule has 1 amide bonds. The molecular formula is C28H28ClF3N4O3. The van der Waals surface area contributed by atoms with Crippen molar-refractivity contribution in [2.45, 2.75) is 12.6 Å². The van der Waals surface area contributed by atoms with Gasteiger partial charge < -0.3 is 9.64 Å². The summed E-state index contributed by atoms with van der Waals surface area (Å²) in [6.45, 7) is 3.00. The van der Waals surface area contributed by atoms with E-state index in [9.17, 15) is 22.8 Å². The number of halogens is 4. The van der Waals surface area contributed by atoms with Crippen LogP contribution in [0.5, 0.6) is 5.75 Å². The van der Waals surface area contributed by atoms with E-state index >= 15 is 0 Å². The highest BCUT2D eigenvalue weighted by molar-refractivity contribution is 6.30. The third-order valence-corrected chi connectivity index (χ3v) is 6.52. The predicted molar refractivity (Wildman–Crippen MR) is 142 cm³/mol. The van der Waals surface area contributed by atoms with Gasteiger partial charge in [0.15, 0.2) is 11.5 Å². The van der Waals surface area contributed by atoms with Crippen LogP contribution in [0.2, 0.25) is 5.02 Å². The molecular weight excluding hydrogens is 533 g/mol. The molecule has 0 unspecified atom stereocenters. The second kappa shape index (κ2) is 12.5. The van der Waals surface area contributed by atoms with E-state index in [1.165, 1.54) is 18.0 Å². The molecule has 0 spiro atoms. The van der Waals surface area contributed by atoms with Gasteiger partial charge in [0.1, 0.15) is 5.75 Å². The number of nitrogens with zero attached hydrogens (tertiary/aromatic N) is 4. The summed E-state index contributed by atoms with van der Waals surface area (Å²) < 4.78 is 46.4. The van der Waals surface area contributed by atoms with E-state index in [4.69, 9.17) is 16.3 Å². The third kappa shape index (κ3) is 7.70. The minimum Gasteiger partial charge on any atom is -0.494 e. The lowest BCUT2D eigenvalue weighted by Gasteiger charge is -2.34. The van der Waals surface area contributed by atoms with Gasteiger partial charge in [0.25, 0.3) is 5.91 Å². The molecule has 1 aromatic heterocycles. The second-order valence-corrected chi connectivity index (χ2v) is 9.61. The van der Waals surface area contributed by atoms with E-state index < -0.39 is 23.3 Å². The fourth-order valence-corrected chi connectivity index (χ4v) is 4.47. The predicted octanol–water partition coefficient (Wildman–Crippen LogP) is 5.22. The Kier molecular flexibility index (Phi) is 9.08. The standard InChI is InChI=1S/C28H28ClF3N4O3/c1-34-19-24(26(33-34)28(30,31)32)27(38)36-15-13-35(14-16-36)12-3-17-39-23-9-7-21(8-10-23)25(37)11-6-20-4-2-5-22(29)18-20/h2,4-11,18-19H,3,12-17H2,1H3/b11-6+. The van der Waals surface area contributed by atoms with E-state index in [-0.39, 0.29) is 5.78 Å². The highest BCUT2D eigenvalue weighted by Crippen LogP contribution is 2.31. The van der Waals surface area contributed by atoms with Gasteiger partial charge in [-0.1, -0.05) is 29.8 Å². The maximum absolute atomic E-state index is 13.2. The first-order valence-corrected chi connectivity index (χ1v) is 12.8. The first-order chi connectivity index (χ1) is 18.6. The SMILES string of the molecule is Cn1cc(C(=O)N2CCN(CCCOc3ccc(C(=O)/C=C/c4cccc(Cl)c4)cc3)CC2)c(C(F)(F)F)n1. The van der Waals surface area contributed by atoms with E-state index in [1.54, 1.807) is 42.5 Å². The smallest absolute Gasteiger partial charge is 0.435 e. The van der Waals surface area contributed by atoms with Gasteiger partial charge in [-0.15, -0.1) is 0 Å². The summed E-state index contributed by atoms with van der Waals surface area (Å²) in [5.74, 6) is -0.129. The van der Waals surface area contributed by atoms with Crippen LogP contribution in [0.1, 0.15) is 38.4 Å². The fourth-order valence-electron chi connectivity index (χ4n) is 4.27. The number of aryl methyl sites for hydroxylation is 1. The maximum Gasteiger partial charge on any atom is 0.435 e. The van der Waals surface area contributed by atoms with Crippen molar-refractivity contribution in [3.05, 3.63) is 88.2 Å². The number of aromatic nitrogens is 2. The van der Waals surface area contributed by atoms with E-state index in [0.717, 1.165) is 29.4 Å². The van der Waals surface area contributed by atoms with Gasteiger partial charge in [-0.25, -0.2) is 0 Å². The van der Waals surface area contributed by atoms with Crippen LogP contribution >= 0.6 is 11.6 Å². The number of hydrogen-bond acceptors (Lipinski definition) is 5. The van der Waals surface area contributed by atoms with Gasteiger partial charge in [-0.05, 0) is 54.5 Å². The number of benzene rings is 2. The molecule has 0 bridgehead atoms. The normalized spacial score (nSPS) is 14.6. The van der Waals surface area contributed by atoms with Crippen molar-refractivity contribution in [3.8, 4) is 5.75 Å². The number of allylic oxidation sites excluding steroid dienone is 1. The summed E-state index contributed by atoms with van der Waals surface area (Å²) in [4.78, 5) is 28.7. The zero-order valence-corrected chi connectivity index (χ0v) is 22.1. The Hall–Kier alpha value is -3.63. The van der Waals surface area contributed by atoms with E-state index in [1.807, 2.05) is 12.1 Å². The molecule has 4 rings (SSSR count). The van der Waals surface area contributed by atoms with Gasteiger partial charge in [-0.3, -0.25) is 19.2 Å². The van der Waals surface area contributed by atoms with Crippen LogP contribution in [0.15, 0.2) is 60.8 Å². The van der Waals surface area contributed by atoms with Crippen LogP contribution in [-0.4, -0.2) is 70.6 Å². The number of ketones is 1. The highest BCUT2D eigenvalue weighted by atomic mass is 35.5. The Morgan fingerprint density at radius 1 is 1.08 bits per heavy atom. The van der Waals surface area contributed by atoms with Gasteiger partial charge in [0, 0.05) is 56.6 Å². The maximum atomic E-state index is 13.2. The number of amides is 1. The topological polar surface area (TPSA) is 67.7 Å². The Labute approximate surface area is 229 Å². The Bertz CT molecular complexity index is 1330.